The molecular weight excluding hydrogens is 364 g/mol. The van der Waals surface area contributed by atoms with E-state index in [1.54, 1.807) is 11.9 Å². The van der Waals surface area contributed by atoms with Gasteiger partial charge in [0, 0.05) is 13.6 Å². The van der Waals surface area contributed by atoms with Gasteiger partial charge in [0.2, 0.25) is 5.91 Å². The fourth-order valence-electron chi connectivity index (χ4n) is 3.04. The largest absolute Gasteiger partial charge is 0.360 e. The van der Waals surface area contributed by atoms with Crippen LogP contribution in [-0.2, 0) is 27.3 Å². The molecule has 2 aromatic rings. The molecule has 0 N–H and O–H groups in total. The predicted octanol–water partition coefficient (Wildman–Crippen LogP) is 3.53. The van der Waals surface area contributed by atoms with E-state index in [0.717, 1.165) is 17.4 Å². The van der Waals surface area contributed by atoms with E-state index in [2.05, 4.69) is 0 Å². The smallest absolute Gasteiger partial charge is 0.240 e. The third kappa shape index (κ3) is 7.80. The van der Waals surface area contributed by atoms with Crippen molar-refractivity contribution in [1.29, 1.82) is 0 Å². The molecule has 0 spiro atoms. The van der Waals surface area contributed by atoms with Gasteiger partial charge in [0.05, 0.1) is 18.2 Å². The normalized spacial score (nSPS) is 12.6. The Morgan fingerprint density at radius 3 is 2.07 bits per heavy atom. The zero-order valence-corrected chi connectivity index (χ0v) is 17.9. The predicted molar refractivity (Wildman–Crippen MR) is 115 cm³/mol. The van der Waals surface area contributed by atoms with Crippen LogP contribution in [0.2, 0.25) is 0 Å². The summed E-state index contributed by atoms with van der Waals surface area (Å²) in [7, 11) is 1.80. The molecule has 0 heterocycles. The lowest BCUT2D eigenvalue weighted by Crippen LogP contribution is -2.50. The summed E-state index contributed by atoms with van der Waals surface area (Å²) in [6, 6.07) is 19.3. The Balaban J connectivity index is 2.23. The second kappa shape index (κ2) is 10.9. The summed E-state index contributed by atoms with van der Waals surface area (Å²) in [5, 5.41) is 0. The summed E-state index contributed by atoms with van der Waals surface area (Å²) >= 11 is 0. The van der Waals surface area contributed by atoms with Gasteiger partial charge in [-0.05, 0) is 38.3 Å². The van der Waals surface area contributed by atoms with Gasteiger partial charge in [-0.3, -0.25) is 9.69 Å². The van der Waals surface area contributed by atoms with Crippen LogP contribution in [0.5, 0.6) is 0 Å². The molecule has 0 aliphatic heterocycles. The maximum Gasteiger partial charge on any atom is 0.240 e. The van der Waals surface area contributed by atoms with Crippen molar-refractivity contribution in [2.75, 3.05) is 20.3 Å². The number of ether oxygens (including phenoxy) is 1. The van der Waals surface area contributed by atoms with Crippen LogP contribution in [0.1, 0.15) is 31.9 Å². The Bertz CT molecular complexity index is 757. The number of carbonyl (C=O) groups excluding carboxylic acids is 2. The van der Waals surface area contributed by atoms with Crippen LogP contribution in [0.15, 0.2) is 60.7 Å². The molecule has 0 aliphatic rings. The Morgan fingerprint density at radius 1 is 1.00 bits per heavy atom. The van der Waals surface area contributed by atoms with Crippen LogP contribution in [0.25, 0.3) is 0 Å². The van der Waals surface area contributed by atoms with Gasteiger partial charge < -0.3 is 14.4 Å². The lowest BCUT2D eigenvalue weighted by molar-refractivity contribution is -0.143. The van der Waals surface area contributed by atoms with Gasteiger partial charge in [0.15, 0.2) is 0 Å². The second-order valence-corrected chi connectivity index (χ2v) is 8.21. The monoisotopic (exact) mass is 396 g/mol. The fourth-order valence-corrected chi connectivity index (χ4v) is 3.04. The minimum Gasteiger partial charge on any atom is -0.360 e. The maximum atomic E-state index is 13.4. The van der Waals surface area contributed by atoms with E-state index in [1.165, 1.54) is 0 Å². The molecule has 0 radical (unpaired) electrons. The van der Waals surface area contributed by atoms with E-state index >= 15 is 0 Å². The number of benzene rings is 2. The van der Waals surface area contributed by atoms with E-state index in [4.69, 9.17) is 4.74 Å². The Kier molecular flexibility index (Phi) is 8.55. The van der Waals surface area contributed by atoms with Gasteiger partial charge in [-0.2, -0.15) is 0 Å². The third-order valence-corrected chi connectivity index (χ3v) is 4.61. The van der Waals surface area contributed by atoms with Crippen molar-refractivity contribution in [3.63, 3.8) is 0 Å². The zero-order valence-electron chi connectivity index (χ0n) is 17.9. The van der Waals surface area contributed by atoms with Gasteiger partial charge in [-0.1, -0.05) is 60.7 Å². The molecule has 156 valence electrons. The minimum absolute atomic E-state index is 0.0305. The molecule has 0 aromatic heterocycles. The van der Waals surface area contributed by atoms with Crippen molar-refractivity contribution >= 4 is 12.2 Å². The molecule has 5 nitrogen and oxygen atoms in total. The molecule has 0 saturated heterocycles. The van der Waals surface area contributed by atoms with Gasteiger partial charge in [-0.25, -0.2) is 0 Å². The van der Waals surface area contributed by atoms with Gasteiger partial charge >= 0.3 is 0 Å². The van der Waals surface area contributed by atoms with Crippen molar-refractivity contribution in [3.05, 3.63) is 71.8 Å². The summed E-state index contributed by atoms with van der Waals surface area (Å²) in [5.41, 5.74) is 1.75. The number of amides is 1. The van der Waals surface area contributed by atoms with Crippen molar-refractivity contribution < 1.29 is 14.3 Å². The molecule has 5 heteroatoms. The van der Waals surface area contributed by atoms with Gasteiger partial charge in [0.1, 0.15) is 13.0 Å². The first kappa shape index (κ1) is 22.8. The molecule has 2 aromatic carbocycles. The van der Waals surface area contributed by atoms with E-state index < -0.39 is 6.04 Å². The first-order valence-corrected chi connectivity index (χ1v) is 9.94. The summed E-state index contributed by atoms with van der Waals surface area (Å²) in [6.07, 6.45) is 1.34. The molecule has 0 unspecified atom stereocenters. The first-order chi connectivity index (χ1) is 13.8. The highest BCUT2D eigenvalue weighted by Gasteiger charge is 2.29. The number of likely N-dealkylation sites (N-methyl/N-ethyl adjacent to an activating group) is 1. The quantitative estimate of drug-likeness (QED) is 0.455. The van der Waals surface area contributed by atoms with E-state index in [9.17, 15) is 9.59 Å². The van der Waals surface area contributed by atoms with Crippen LogP contribution >= 0.6 is 0 Å². The molecule has 2 rings (SSSR count). The average Bonchev–Trinajstić information content (AvgIpc) is 2.70. The number of nitrogens with zero attached hydrogens (tertiary/aromatic N) is 2. The number of carbonyl (C=O) groups is 2. The van der Waals surface area contributed by atoms with Crippen molar-refractivity contribution in [3.8, 4) is 0 Å². The van der Waals surface area contributed by atoms with E-state index in [0.29, 0.717) is 13.0 Å². The number of aldehydes is 1. The fraction of sp³-hybridized carbons (Fsp3) is 0.417. The second-order valence-electron chi connectivity index (χ2n) is 8.21. The average molecular weight is 397 g/mol. The zero-order chi connectivity index (χ0) is 21.3. The van der Waals surface area contributed by atoms with Crippen molar-refractivity contribution in [2.24, 2.45) is 0 Å². The highest BCUT2D eigenvalue weighted by Crippen LogP contribution is 2.16. The van der Waals surface area contributed by atoms with Crippen LogP contribution in [0.4, 0.5) is 0 Å². The molecule has 0 bridgehead atoms. The molecule has 1 atom stereocenters. The topological polar surface area (TPSA) is 49.9 Å². The summed E-state index contributed by atoms with van der Waals surface area (Å²) < 4.78 is 5.91. The highest BCUT2D eigenvalue weighted by atomic mass is 16.5. The van der Waals surface area contributed by atoms with Crippen LogP contribution in [0.3, 0.4) is 0 Å². The van der Waals surface area contributed by atoms with Crippen molar-refractivity contribution in [2.45, 2.75) is 45.4 Å². The summed E-state index contributed by atoms with van der Waals surface area (Å²) in [5.74, 6) is -0.0305. The first-order valence-electron chi connectivity index (χ1n) is 9.94. The highest BCUT2D eigenvalue weighted by molar-refractivity contribution is 5.82. The Morgan fingerprint density at radius 2 is 1.55 bits per heavy atom. The number of rotatable bonds is 10. The Hall–Kier alpha value is -2.50. The molecule has 1 amide bonds. The van der Waals surface area contributed by atoms with E-state index in [-0.39, 0.29) is 24.8 Å². The lowest BCUT2D eigenvalue weighted by atomic mass is 10.0. The molecule has 29 heavy (non-hydrogen) atoms. The molecular formula is C24H32N2O3. The number of hydrogen-bond donors (Lipinski definition) is 0. The van der Waals surface area contributed by atoms with Gasteiger partial charge in [0.25, 0.3) is 0 Å². The maximum absolute atomic E-state index is 13.4. The van der Waals surface area contributed by atoms with E-state index in [1.807, 2.05) is 86.3 Å². The van der Waals surface area contributed by atoms with Crippen LogP contribution < -0.4 is 0 Å². The van der Waals surface area contributed by atoms with Crippen molar-refractivity contribution in [1.82, 2.24) is 9.80 Å². The minimum atomic E-state index is -0.487. The Labute approximate surface area is 174 Å². The number of hydrogen-bond acceptors (Lipinski definition) is 4. The van der Waals surface area contributed by atoms with Crippen LogP contribution in [0, 0.1) is 0 Å². The standard InChI is InChI=1S/C24H32N2O3/c1-24(2,3)29-19-26(15-16-27)22(17-20-11-7-5-8-12-20)23(28)25(4)18-21-13-9-6-10-14-21/h5-14,16,22H,15,17-19H2,1-4H3/t22-/m0/s1. The van der Waals surface area contributed by atoms with Gasteiger partial charge in [-0.15, -0.1) is 0 Å². The lowest BCUT2D eigenvalue weighted by Gasteiger charge is -2.34. The summed E-state index contributed by atoms with van der Waals surface area (Å²) in [6.45, 7) is 6.74. The SMILES string of the molecule is CN(Cc1ccccc1)C(=O)[C@H](Cc1ccccc1)N(CC=O)COC(C)(C)C. The summed E-state index contributed by atoms with van der Waals surface area (Å²) in [4.78, 5) is 28.3. The molecule has 0 saturated carbocycles. The van der Waals surface area contributed by atoms with Crippen LogP contribution in [-0.4, -0.2) is 54.0 Å². The molecule has 0 fully saturated rings. The third-order valence-electron chi connectivity index (χ3n) is 4.61. The molecule has 0 aliphatic carbocycles.